The molecule has 2 heterocycles. The normalized spacial score (nSPS) is 20.5. The highest BCUT2D eigenvalue weighted by Gasteiger charge is 2.26. The van der Waals surface area contributed by atoms with Gasteiger partial charge in [-0.25, -0.2) is 0 Å². The number of likely N-dealkylation sites (tertiary alicyclic amines) is 1. The number of aromatic nitrogens is 2. The first-order chi connectivity index (χ1) is 8.22. The molecule has 0 aliphatic carbocycles. The molecule has 0 aromatic carbocycles. The Labute approximate surface area is 100 Å². The van der Waals surface area contributed by atoms with Crippen molar-refractivity contribution in [3.05, 3.63) is 11.9 Å². The minimum Gasteiger partial charge on any atom is -0.396 e. The highest BCUT2D eigenvalue weighted by Crippen LogP contribution is 2.17. The molecule has 1 unspecified atom stereocenters. The van der Waals surface area contributed by atoms with E-state index in [0.29, 0.717) is 24.5 Å². The zero-order chi connectivity index (χ0) is 12.3. The second-order valence-corrected chi connectivity index (χ2v) is 4.17. The number of hydrogen-bond donors (Lipinski definition) is 2. The Morgan fingerprint density at radius 3 is 3.24 bits per heavy atom. The third kappa shape index (κ3) is 2.58. The van der Waals surface area contributed by atoms with E-state index in [0.717, 1.165) is 19.4 Å². The zero-order valence-electron chi connectivity index (χ0n) is 9.98. The van der Waals surface area contributed by atoms with Crippen LogP contribution < -0.4 is 5.73 Å². The van der Waals surface area contributed by atoms with Crippen LogP contribution in [-0.4, -0.2) is 46.8 Å². The number of rotatable bonds is 3. The van der Waals surface area contributed by atoms with Crippen molar-refractivity contribution in [1.82, 2.24) is 15.1 Å². The van der Waals surface area contributed by atoms with Crippen molar-refractivity contribution in [2.24, 2.45) is 0 Å². The minimum absolute atomic E-state index is 0.0931. The molecule has 1 aliphatic rings. The maximum atomic E-state index is 12.2. The van der Waals surface area contributed by atoms with Crippen LogP contribution in [0.4, 0.5) is 5.69 Å². The molecule has 1 atom stereocenters. The number of aromatic amines is 1. The molecule has 0 spiro atoms. The Bertz CT molecular complexity index is 389. The fraction of sp³-hybridized carbons (Fsp3) is 0.636. The summed E-state index contributed by atoms with van der Waals surface area (Å²) in [5.41, 5.74) is 6.44. The maximum absolute atomic E-state index is 12.2. The number of nitrogen functional groups attached to an aromatic ring is 1. The summed E-state index contributed by atoms with van der Waals surface area (Å²) in [6.45, 7) is 4.03. The smallest absolute Gasteiger partial charge is 0.274 e. The fourth-order valence-electron chi connectivity index (χ4n) is 2.12. The molecule has 94 valence electrons. The quantitative estimate of drug-likeness (QED) is 0.809. The first-order valence-corrected chi connectivity index (χ1v) is 5.92. The molecule has 1 fully saturated rings. The van der Waals surface area contributed by atoms with E-state index in [1.807, 2.05) is 6.92 Å². The van der Waals surface area contributed by atoms with E-state index >= 15 is 0 Å². The van der Waals surface area contributed by atoms with Gasteiger partial charge in [-0.2, -0.15) is 5.10 Å². The first kappa shape index (κ1) is 11.9. The number of hydrogen-bond acceptors (Lipinski definition) is 4. The topological polar surface area (TPSA) is 84.2 Å². The Hall–Kier alpha value is -1.56. The van der Waals surface area contributed by atoms with Crippen molar-refractivity contribution < 1.29 is 9.53 Å². The van der Waals surface area contributed by atoms with Gasteiger partial charge in [0, 0.05) is 19.7 Å². The SMILES string of the molecule is CCOC1CCCN(C(=O)c2[nH]ncc2N)C1. The van der Waals surface area contributed by atoms with E-state index in [4.69, 9.17) is 10.5 Å². The number of amides is 1. The number of nitrogens with one attached hydrogen (secondary N) is 1. The largest absolute Gasteiger partial charge is 0.396 e. The molecule has 1 aromatic heterocycles. The van der Waals surface area contributed by atoms with Gasteiger partial charge < -0.3 is 15.4 Å². The monoisotopic (exact) mass is 238 g/mol. The summed E-state index contributed by atoms with van der Waals surface area (Å²) in [7, 11) is 0. The van der Waals surface area contributed by atoms with E-state index < -0.39 is 0 Å². The number of carbonyl (C=O) groups is 1. The van der Waals surface area contributed by atoms with Gasteiger partial charge in [0.25, 0.3) is 5.91 Å². The molecule has 1 aromatic rings. The first-order valence-electron chi connectivity index (χ1n) is 5.92. The van der Waals surface area contributed by atoms with Gasteiger partial charge in [-0.05, 0) is 19.8 Å². The van der Waals surface area contributed by atoms with Crippen LogP contribution in [0.2, 0.25) is 0 Å². The Morgan fingerprint density at radius 1 is 1.76 bits per heavy atom. The molecule has 3 N–H and O–H groups in total. The Kier molecular flexibility index (Phi) is 3.63. The number of anilines is 1. The zero-order valence-corrected chi connectivity index (χ0v) is 9.98. The Balaban J connectivity index is 2.02. The van der Waals surface area contributed by atoms with Crippen LogP contribution in [0.3, 0.4) is 0 Å². The molecule has 0 bridgehead atoms. The summed E-state index contributed by atoms with van der Waals surface area (Å²) in [6.07, 6.45) is 3.57. The lowest BCUT2D eigenvalue weighted by molar-refractivity contribution is 0.00707. The highest BCUT2D eigenvalue weighted by molar-refractivity contribution is 5.97. The predicted molar refractivity (Wildman–Crippen MR) is 63.6 cm³/mol. The van der Waals surface area contributed by atoms with E-state index in [1.54, 1.807) is 4.90 Å². The number of carbonyl (C=O) groups excluding carboxylic acids is 1. The summed E-state index contributed by atoms with van der Waals surface area (Å²) < 4.78 is 5.56. The highest BCUT2D eigenvalue weighted by atomic mass is 16.5. The van der Waals surface area contributed by atoms with Crippen LogP contribution in [0, 0.1) is 0 Å². The van der Waals surface area contributed by atoms with Gasteiger partial charge in [0.1, 0.15) is 5.69 Å². The predicted octanol–water partition coefficient (Wildman–Crippen LogP) is 0.633. The standard InChI is InChI=1S/C11H18N4O2/c1-2-17-8-4-3-5-15(7-8)11(16)10-9(12)6-13-14-10/h6,8H,2-5,7,12H2,1H3,(H,13,14). The molecule has 0 saturated carbocycles. The summed E-state index contributed by atoms with van der Waals surface area (Å²) >= 11 is 0. The average molecular weight is 238 g/mol. The summed E-state index contributed by atoms with van der Waals surface area (Å²) in [4.78, 5) is 13.9. The molecular weight excluding hydrogens is 220 g/mol. The number of piperidine rings is 1. The van der Waals surface area contributed by atoms with Gasteiger partial charge in [0.2, 0.25) is 0 Å². The molecular formula is C11H18N4O2. The van der Waals surface area contributed by atoms with Crippen molar-refractivity contribution in [2.45, 2.75) is 25.9 Å². The summed E-state index contributed by atoms with van der Waals surface area (Å²) in [5.74, 6) is -0.0931. The molecule has 1 saturated heterocycles. The van der Waals surface area contributed by atoms with Crippen molar-refractivity contribution in [2.75, 3.05) is 25.4 Å². The third-order valence-electron chi connectivity index (χ3n) is 2.95. The van der Waals surface area contributed by atoms with Crippen LogP contribution in [0.1, 0.15) is 30.3 Å². The number of nitrogens with two attached hydrogens (primary N) is 1. The molecule has 17 heavy (non-hydrogen) atoms. The second-order valence-electron chi connectivity index (χ2n) is 4.17. The Morgan fingerprint density at radius 2 is 2.59 bits per heavy atom. The molecule has 2 rings (SSSR count). The van der Waals surface area contributed by atoms with E-state index in [1.165, 1.54) is 6.20 Å². The van der Waals surface area contributed by atoms with Crippen LogP contribution in [-0.2, 0) is 4.74 Å². The molecule has 0 radical (unpaired) electrons. The summed E-state index contributed by atoms with van der Waals surface area (Å²) in [6, 6.07) is 0. The lowest BCUT2D eigenvalue weighted by atomic mass is 10.1. The van der Waals surface area contributed by atoms with Gasteiger partial charge in [0.05, 0.1) is 18.0 Å². The van der Waals surface area contributed by atoms with E-state index in [2.05, 4.69) is 10.2 Å². The minimum atomic E-state index is -0.0931. The lowest BCUT2D eigenvalue weighted by Crippen LogP contribution is -2.43. The molecule has 1 aliphatic heterocycles. The van der Waals surface area contributed by atoms with Crippen molar-refractivity contribution in [3.8, 4) is 0 Å². The molecule has 6 heteroatoms. The van der Waals surface area contributed by atoms with Gasteiger partial charge in [0.15, 0.2) is 0 Å². The molecule has 1 amide bonds. The van der Waals surface area contributed by atoms with E-state index in [9.17, 15) is 4.79 Å². The number of ether oxygens (including phenoxy) is 1. The van der Waals surface area contributed by atoms with Crippen LogP contribution >= 0.6 is 0 Å². The fourth-order valence-corrected chi connectivity index (χ4v) is 2.12. The molecule has 6 nitrogen and oxygen atoms in total. The van der Waals surface area contributed by atoms with Crippen LogP contribution in [0.25, 0.3) is 0 Å². The van der Waals surface area contributed by atoms with Gasteiger partial charge >= 0.3 is 0 Å². The van der Waals surface area contributed by atoms with Crippen molar-refractivity contribution in [3.63, 3.8) is 0 Å². The van der Waals surface area contributed by atoms with Gasteiger partial charge in [-0.15, -0.1) is 0 Å². The van der Waals surface area contributed by atoms with Crippen molar-refractivity contribution in [1.29, 1.82) is 0 Å². The van der Waals surface area contributed by atoms with Gasteiger partial charge in [-0.3, -0.25) is 9.89 Å². The van der Waals surface area contributed by atoms with Crippen LogP contribution in [0.5, 0.6) is 0 Å². The lowest BCUT2D eigenvalue weighted by Gasteiger charge is -2.32. The number of H-pyrrole nitrogens is 1. The average Bonchev–Trinajstić information content (AvgIpc) is 2.75. The second kappa shape index (κ2) is 5.18. The van der Waals surface area contributed by atoms with Crippen LogP contribution in [0.15, 0.2) is 6.20 Å². The maximum Gasteiger partial charge on any atom is 0.274 e. The van der Waals surface area contributed by atoms with Gasteiger partial charge in [-0.1, -0.05) is 0 Å². The summed E-state index contributed by atoms with van der Waals surface area (Å²) in [5, 5.41) is 6.41. The number of nitrogens with zero attached hydrogens (tertiary/aromatic N) is 2. The van der Waals surface area contributed by atoms with Crippen molar-refractivity contribution >= 4 is 11.6 Å². The van der Waals surface area contributed by atoms with E-state index in [-0.39, 0.29) is 12.0 Å². The third-order valence-corrected chi connectivity index (χ3v) is 2.95.